The minimum atomic E-state index is 0.0657. The van der Waals surface area contributed by atoms with Gasteiger partial charge in [0.25, 0.3) is 0 Å². The van der Waals surface area contributed by atoms with Crippen LogP contribution in [0.1, 0.15) is 45.1 Å². The molecule has 1 aromatic carbocycles. The van der Waals surface area contributed by atoms with Gasteiger partial charge in [-0.1, -0.05) is 31.5 Å². The van der Waals surface area contributed by atoms with Gasteiger partial charge in [0.05, 0.1) is 6.54 Å². The standard InChI is InChI=1S/C19H28N2O/c1-3-15-6-4-5-7-18(15)21-19(22)12-20-13(2)17-11-14-8-9-16(17)10-14/h4-7,13-14,16-17,20H,3,8-12H2,1-2H3,(H,21,22). The van der Waals surface area contributed by atoms with E-state index >= 15 is 0 Å². The molecule has 0 spiro atoms. The molecular formula is C19H28N2O. The number of para-hydroxylation sites is 1. The summed E-state index contributed by atoms with van der Waals surface area (Å²) in [4.78, 5) is 12.2. The molecule has 0 aromatic heterocycles. The number of carbonyl (C=O) groups excluding carboxylic acids is 1. The van der Waals surface area contributed by atoms with Gasteiger partial charge in [0.15, 0.2) is 0 Å². The third-order valence-electron chi connectivity index (χ3n) is 5.69. The van der Waals surface area contributed by atoms with Crippen LogP contribution in [0.5, 0.6) is 0 Å². The van der Waals surface area contributed by atoms with Gasteiger partial charge in [0.2, 0.25) is 5.91 Å². The van der Waals surface area contributed by atoms with Crippen molar-refractivity contribution in [3.8, 4) is 0 Å². The van der Waals surface area contributed by atoms with E-state index in [2.05, 4.69) is 30.5 Å². The second-order valence-electron chi connectivity index (χ2n) is 7.07. The molecule has 2 aliphatic carbocycles. The molecule has 2 bridgehead atoms. The van der Waals surface area contributed by atoms with Crippen molar-refractivity contribution in [1.29, 1.82) is 0 Å². The zero-order valence-electron chi connectivity index (χ0n) is 13.8. The lowest BCUT2D eigenvalue weighted by atomic mass is 9.84. The Kier molecular flexibility index (Phi) is 4.82. The van der Waals surface area contributed by atoms with Crippen LogP contribution in [-0.2, 0) is 11.2 Å². The fourth-order valence-corrected chi connectivity index (χ4v) is 4.46. The van der Waals surface area contributed by atoms with Crippen LogP contribution in [0.25, 0.3) is 0 Å². The highest BCUT2D eigenvalue weighted by atomic mass is 16.1. The molecule has 2 fully saturated rings. The summed E-state index contributed by atoms with van der Waals surface area (Å²) in [5.41, 5.74) is 2.14. The maximum absolute atomic E-state index is 12.2. The maximum atomic E-state index is 12.2. The molecule has 2 N–H and O–H groups in total. The van der Waals surface area contributed by atoms with Crippen LogP contribution < -0.4 is 10.6 Å². The van der Waals surface area contributed by atoms with Gasteiger partial charge >= 0.3 is 0 Å². The van der Waals surface area contributed by atoms with Crippen molar-refractivity contribution in [2.45, 2.75) is 52.0 Å². The lowest BCUT2D eigenvalue weighted by molar-refractivity contribution is -0.115. The van der Waals surface area contributed by atoms with Crippen LogP contribution in [0.2, 0.25) is 0 Å². The number of fused-ring (bicyclic) bond motifs is 2. The first-order valence-corrected chi connectivity index (χ1v) is 8.78. The Morgan fingerprint density at radius 2 is 2.09 bits per heavy atom. The monoisotopic (exact) mass is 300 g/mol. The number of carbonyl (C=O) groups is 1. The number of nitrogens with one attached hydrogen (secondary N) is 2. The van der Waals surface area contributed by atoms with Crippen LogP contribution in [0.4, 0.5) is 5.69 Å². The average molecular weight is 300 g/mol. The summed E-state index contributed by atoms with van der Waals surface area (Å²) in [5.74, 6) is 2.70. The number of anilines is 1. The smallest absolute Gasteiger partial charge is 0.238 e. The van der Waals surface area contributed by atoms with Crippen molar-refractivity contribution < 1.29 is 4.79 Å². The molecule has 22 heavy (non-hydrogen) atoms. The normalized spacial score (nSPS) is 27.8. The minimum absolute atomic E-state index is 0.0657. The number of hydrogen-bond acceptors (Lipinski definition) is 2. The van der Waals surface area contributed by atoms with Gasteiger partial charge in [0.1, 0.15) is 0 Å². The zero-order valence-corrected chi connectivity index (χ0v) is 13.8. The number of rotatable bonds is 6. The molecule has 120 valence electrons. The molecule has 3 nitrogen and oxygen atoms in total. The van der Waals surface area contributed by atoms with Crippen molar-refractivity contribution in [3.05, 3.63) is 29.8 Å². The first kappa shape index (κ1) is 15.5. The van der Waals surface area contributed by atoms with E-state index in [0.717, 1.165) is 29.9 Å². The van der Waals surface area contributed by atoms with Gasteiger partial charge in [-0.05, 0) is 62.0 Å². The summed E-state index contributed by atoms with van der Waals surface area (Å²) >= 11 is 0. The van der Waals surface area contributed by atoms with Gasteiger partial charge in [-0.2, -0.15) is 0 Å². The summed E-state index contributed by atoms with van der Waals surface area (Å²) < 4.78 is 0. The molecule has 0 heterocycles. The molecule has 4 unspecified atom stereocenters. The summed E-state index contributed by atoms with van der Waals surface area (Å²) in [6.45, 7) is 4.77. The summed E-state index contributed by atoms with van der Waals surface area (Å²) in [6, 6.07) is 8.49. The molecule has 2 aliphatic rings. The Morgan fingerprint density at radius 3 is 2.77 bits per heavy atom. The number of benzene rings is 1. The zero-order chi connectivity index (χ0) is 15.5. The predicted octanol–water partition coefficient (Wildman–Crippen LogP) is 3.60. The molecule has 3 rings (SSSR count). The van der Waals surface area contributed by atoms with Crippen LogP contribution in [0, 0.1) is 17.8 Å². The van der Waals surface area contributed by atoms with E-state index in [4.69, 9.17) is 0 Å². The van der Waals surface area contributed by atoms with Gasteiger partial charge < -0.3 is 10.6 Å². The molecular weight excluding hydrogens is 272 g/mol. The van der Waals surface area contributed by atoms with Crippen LogP contribution in [0.15, 0.2) is 24.3 Å². The van der Waals surface area contributed by atoms with E-state index in [1.165, 1.54) is 31.2 Å². The van der Waals surface area contributed by atoms with Crippen molar-refractivity contribution in [2.75, 3.05) is 11.9 Å². The largest absolute Gasteiger partial charge is 0.325 e. The van der Waals surface area contributed by atoms with Gasteiger partial charge in [0, 0.05) is 11.7 Å². The Labute approximate surface area is 133 Å². The summed E-state index contributed by atoms with van der Waals surface area (Å²) in [5, 5.41) is 6.49. The topological polar surface area (TPSA) is 41.1 Å². The SMILES string of the molecule is CCc1ccccc1NC(=O)CNC(C)C1CC2CCC1C2. The van der Waals surface area contributed by atoms with Crippen molar-refractivity contribution >= 4 is 11.6 Å². The first-order chi connectivity index (χ1) is 10.7. The van der Waals surface area contributed by atoms with E-state index in [0.29, 0.717) is 12.6 Å². The molecule has 0 aliphatic heterocycles. The Hall–Kier alpha value is -1.35. The molecule has 1 amide bonds. The van der Waals surface area contributed by atoms with E-state index in [9.17, 15) is 4.79 Å². The van der Waals surface area contributed by atoms with E-state index in [-0.39, 0.29) is 5.91 Å². The van der Waals surface area contributed by atoms with Crippen molar-refractivity contribution in [1.82, 2.24) is 5.32 Å². The Balaban J connectivity index is 1.48. The highest BCUT2D eigenvalue weighted by molar-refractivity contribution is 5.93. The second-order valence-corrected chi connectivity index (χ2v) is 7.07. The van der Waals surface area contributed by atoms with Crippen molar-refractivity contribution in [3.63, 3.8) is 0 Å². The fourth-order valence-electron chi connectivity index (χ4n) is 4.46. The number of aryl methyl sites for hydroxylation is 1. The molecule has 4 atom stereocenters. The van der Waals surface area contributed by atoms with E-state index < -0.39 is 0 Å². The Bertz CT molecular complexity index is 528. The van der Waals surface area contributed by atoms with Crippen LogP contribution >= 0.6 is 0 Å². The number of hydrogen-bond donors (Lipinski definition) is 2. The maximum Gasteiger partial charge on any atom is 0.238 e. The van der Waals surface area contributed by atoms with E-state index in [1.54, 1.807) is 0 Å². The quantitative estimate of drug-likeness (QED) is 0.843. The predicted molar refractivity (Wildman–Crippen MR) is 90.9 cm³/mol. The molecule has 0 saturated heterocycles. The lowest BCUT2D eigenvalue weighted by Gasteiger charge is -2.28. The molecule has 0 radical (unpaired) electrons. The lowest BCUT2D eigenvalue weighted by Crippen LogP contribution is -2.40. The minimum Gasteiger partial charge on any atom is -0.325 e. The number of amides is 1. The van der Waals surface area contributed by atoms with Crippen LogP contribution in [0.3, 0.4) is 0 Å². The molecule has 3 heteroatoms. The second kappa shape index (κ2) is 6.82. The summed E-state index contributed by atoms with van der Waals surface area (Å²) in [6.07, 6.45) is 6.55. The summed E-state index contributed by atoms with van der Waals surface area (Å²) in [7, 11) is 0. The average Bonchev–Trinajstić information content (AvgIpc) is 3.16. The fraction of sp³-hybridized carbons (Fsp3) is 0.632. The van der Waals surface area contributed by atoms with E-state index in [1.807, 2.05) is 18.2 Å². The highest BCUT2D eigenvalue weighted by Gasteiger charge is 2.41. The third kappa shape index (κ3) is 3.35. The first-order valence-electron chi connectivity index (χ1n) is 8.78. The third-order valence-corrected chi connectivity index (χ3v) is 5.69. The van der Waals surface area contributed by atoms with Crippen LogP contribution in [-0.4, -0.2) is 18.5 Å². The van der Waals surface area contributed by atoms with Gasteiger partial charge in [-0.25, -0.2) is 0 Å². The van der Waals surface area contributed by atoms with Gasteiger partial charge in [-0.15, -0.1) is 0 Å². The highest BCUT2D eigenvalue weighted by Crippen LogP contribution is 2.49. The molecule has 2 saturated carbocycles. The Morgan fingerprint density at radius 1 is 1.27 bits per heavy atom. The van der Waals surface area contributed by atoms with Crippen molar-refractivity contribution in [2.24, 2.45) is 17.8 Å². The molecule has 1 aromatic rings. The van der Waals surface area contributed by atoms with Gasteiger partial charge in [-0.3, -0.25) is 4.79 Å².